The molecule has 1 aliphatic heterocycles. The summed E-state index contributed by atoms with van der Waals surface area (Å²) in [5.74, 6) is -4.19. The third kappa shape index (κ3) is 4.68. The van der Waals surface area contributed by atoms with Gasteiger partial charge in [-0.3, -0.25) is 14.3 Å². The number of aromatic nitrogens is 5. The van der Waals surface area contributed by atoms with Crippen LogP contribution in [-0.2, 0) is 6.18 Å². The van der Waals surface area contributed by atoms with Crippen molar-refractivity contribution in [1.82, 2.24) is 29.2 Å². The van der Waals surface area contributed by atoms with Crippen LogP contribution in [0.4, 0.5) is 26.3 Å². The Bertz CT molecular complexity index is 1990. The van der Waals surface area contributed by atoms with Gasteiger partial charge in [0.25, 0.3) is 5.91 Å². The zero-order valence-electron chi connectivity index (χ0n) is 21.0. The van der Waals surface area contributed by atoms with Crippen molar-refractivity contribution in [3.63, 3.8) is 0 Å². The van der Waals surface area contributed by atoms with Crippen LogP contribution in [-0.4, -0.2) is 41.7 Å². The molecular formula is C28H16F6N6OS. The molecular weight excluding hydrogens is 582 g/mol. The van der Waals surface area contributed by atoms with Gasteiger partial charge in [0.15, 0.2) is 22.1 Å². The van der Waals surface area contributed by atoms with Gasteiger partial charge in [0.2, 0.25) is 0 Å². The molecule has 0 fully saturated rings. The molecule has 0 bridgehead atoms. The second-order valence-corrected chi connectivity index (χ2v) is 9.54. The zero-order valence-corrected chi connectivity index (χ0v) is 21.8. The van der Waals surface area contributed by atoms with Crippen molar-refractivity contribution in [2.24, 2.45) is 0 Å². The van der Waals surface area contributed by atoms with E-state index in [9.17, 15) is 31.1 Å². The Kier molecular flexibility index (Phi) is 6.56. The van der Waals surface area contributed by atoms with Crippen LogP contribution >= 0.6 is 12.2 Å². The number of aromatic amines is 1. The molecule has 0 saturated carbocycles. The number of nitrogens with zero attached hydrogens (tertiary/aromatic N) is 5. The van der Waals surface area contributed by atoms with Gasteiger partial charge in [-0.2, -0.15) is 18.3 Å². The van der Waals surface area contributed by atoms with E-state index in [4.69, 9.17) is 12.2 Å². The van der Waals surface area contributed by atoms with Crippen LogP contribution in [0.5, 0.6) is 0 Å². The molecule has 5 aromatic rings. The molecule has 1 amide bonds. The molecule has 42 heavy (non-hydrogen) atoms. The molecule has 0 saturated heterocycles. The van der Waals surface area contributed by atoms with E-state index in [1.807, 2.05) is 0 Å². The van der Waals surface area contributed by atoms with Crippen LogP contribution in [0.1, 0.15) is 16.1 Å². The van der Waals surface area contributed by atoms with Crippen LogP contribution in [0.2, 0.25) is 0 Å². The molecule has 212 valence electrons. The maximum Gasteiger partial charge on any atom is 0.419 e. The molecule has 0 aliphatic carbocycles. The van der Waals surface area contributed by atoms with Crippen molar-refractivity contribution in [2.75, 3.05) is 6.54 Å². The number of H-pyrrole nitrogens is 1. The number of imidazole rings is 1. The van der Waals surface area contributed by atoms with Crippen molar-refractivity contribution in [1.29, 1.82) is 0 Å². The van der Waals surface area contributed by atoms with Crippen molar-refractivity contribution >= 4 is 34.9 Å². The lowest BCUT2D eigenvalue weighted by atomic mass is 10.1. The summed E-state index contributed by atoms with van der Waals surface area (Å²) in [5, 5.41) is 4.27. The molecule has 0 atom stereocenters. The van der Waals surface area contributed by atoms with Gasteiger partial charge in [-0.25, -0.2) is 17.9 Å². The first-order valence-electron chi connectivity index (χ1n) is 12.2. The number of pyridine rings is 1. The number of hydrogen-bond donors (Lipinski definition) is 1. The molecule has 7 nitrogen and oxygen atoms in total. The van der Waals surface area contributed by atoms with Gasteiger partial charge in [-0.1, -0.05) is 0 Å². The summed E-state index contributed by atoms with van der Waals surface area (Å²) >= 11 is 5.30. The normalized spacial score (nSPS) is 13.6. The van der Waals surface area contributed by atoms with Gasteiger partial charge < -0.3 is 9.88 Å². The van der Waals surface area contributed by atoms with Crippen LogP contribution in [0, 0.1) is 22.2 Å². The number of amides is 1. The van der Waals surface area contributed by atoms with E-state index >= 15 is 0 Å². The standard InChI is InChI=1S/C28H16F6N6OS/c29-19-4-3-17(12-18(19)28(32,33)34)40-23(15-2-1-9-35-14-15)13-22(37-40)26(41)38-10-7-16(8-11-38)39-25-21(36-27(39)42)6-5-20(30)24(25)31/h1-10,12-14H,11H2,(H,36,42). The third-order valence-electron chi connectivity index (χ3n) is 6.56. The number of alkyl halides is 3. The van der Waals surface area contributed by atoms with Gasteiger partial charge >= 0.3 is 6.18 Å². The number of benzene rings is 2. The van der Waals surface area contributed by atoms with E-state index in [0.717, 1.165) is 16.8 Å². The van der Waals surface area contributed by atoms with Crippen LogP contribution in [0.25, 0.3) is 33.7 Å². The first-order valence-corrected chi connectivity index (χ1v) is 12.6. The Balaban J connectivity index is 1.36. The smallest absolute Gasteiger partial charge is 0.330 e. The molecule has 0 unspecified atom stereocenters. The van der Waals surface area contributed by atoms with E-state index < -0.39 is 35.1 Å². The molecule has 3 aromatic heterocycles. The fourth-order valence-electron chi connectivity index (χ4n) is 4.59. The Hall–Kier alpha value is -4.98. The van der Waals surface area contributed by atoms with Crippen molar-refractivity contribution in [2.45, 2.75) is 6.18 Å². The number of carbonyl (C=O) groups is 1. The first-order chi connectivity index (χ1) is 20.0. The fourth-order valence-corrected chi connectivity index (χ4v) is 4.90. The van der Waals surface area contributed by atoms with E-state index in [1.165, 1.54) is 46.3 Å². The minimum Gasteiger partial charge on any atom is -0.330 e. The average Bonchev–Trinajstić information content (AvgIpc) is 3.57. The highest BCUT2D eigenvalue weighted by Gasteiger charge is 2.35. The Morgan fingerprint density at radius 1 is 1.02 bits per heavy atom. The summed E-state index contributed by atoms with van der Waals surface area (Å²) in [4.78, 5) is 21.6. The average molecular weight is 599 g/mol. The van der Waals surface area contributed by atoms with Crippen LogP contribution in [0.3, 0.4) is 0 Å². The van der Waals surface area contributed by atoms with Gasteiger partial charge in [0.1, 0.15) is 11.3 Å². The van der Waals surface area contributed by atoms with Gasteiger partial charge in [0, 0.05) is 36.4 Å². The number of carbonyl (C=O) groups excluding carboxylic acids is 1. The quantitative estimate of drug-likeness (QED) is 0.181. The van der Waals surface area contributed by atoms with E-state index in [0.29, 0.717) is 23.4 Å². The van der Waals surface area contributed by atoms with E-state index in [1.54, 1.807) is 18.2 Å². The minimum absolute atomic E-state index is 0.0140. The van der Waals surface area contributed by atoms with Crippen LogP contribution < -0.4 is 0 Å². The number of nitrogens with one attached hydrogen (secondary N) is 1. The summed E-state index contributed by atoms with van der Waals surface area (Å²) in [5.41, 5.74) is -0.460. The highest BCUT2D eigenvalue weighted by molar-refractivity contribution is 7.71. The largest absolute Gasteiger partial charge is 0.419 e. The van der Waals surface area contributed by atoms with Crippen molar-refractivity contribution < 1.29 is 31.1 Å². The van der Waals surface area contributed by atoms with Gasteiger partial charge in [0.05, 0.1) is 22.5 Å². The summed E-state index contributed by atoms with van der Waals surface area (Å²) < 4.78 is 85.3. The van der Waals surface area contributed by atoms with Crippen molar-refractivity contribution in [3.05, 3.63) is 113 Å². The predicted molar refractivity (Wildman–Crippen MR) is 143 cm³/mol. The summed E-state index contributed by atoms with van der Waals surface area (Å²) in [6, 6.07) is 9.37. The first kappa shape index (κ1) is 27.2. The second kappa shape index (κ2) is 10.1. The summed E-state index contributed by atoms with van der Waals surface area (Å²) in [6.45, 7) is -0.0140. The topological polar surface area (TPSA) is 71.7 Å². The van der Waals surface area contributed by atoms with E-state index in [-0.39, 0.29) is 39.4 Å². The molecule has 0 radical (unpaired) electrons. The molecule has 1 N–H and O–H groups in total. The monoisotopic (exact) mass is 598 g/mol. The number of halogens is 6. The maximum atomic E-state index is 14.6. The van der Waals surface area contributed by atoms with E-state index in [2.05, 4.69) is 15.1 Å². The summed E-state index contributed by atoms with van der Waals surface area (Å²) in [6.07, 6.45) is 2.43. The zero-order chi connectivity index (χ0) is 29.8. The highest BCUT2D eigenvalue weighted by Crippen LogP contribution is 2.34. The lowest BCUT2D eigenvalue weighted by Crippen LogP contribution is -2.28. The molecule has 2 aromatic carbocycles. The second-order valence-electron chi connectivity index (χ2n) is 9.16. The lowest BCUT2D eigenvalue weighted by molar-refractivity contribution is -0.140. The number of allylic oxidation sites excluding steroid dienone is 2. The minimum atomic E-state index is -4.95. The van der Waals surface area contributed by atoms with Gasteiger partial charge in [-0.05, 0) is 72.9 Å². The summed E-state index contributed by atoms with van der Waals surface area (Å²) in [7, 11) is 0. The SMILES string of the molecule is O=C(c1cc(-c2cccnc2)n(-c2ccc(F)c(C(F)(F)F)c2)n1)N1C=CC(n2c(=S)[nH]c3ccc(F)c(F)c32)=CC1. The number of rotatable bonds is 4. The van der Waals surface area contributed by atoms with Crippen molar-refractivity contribution in [3.8, 4) is 16.9 Å². The molecule has 1 aliphatic rings. The maximum absolute atomic E-state index is 14.6. The molecule has 14 heteroatoms. The Morgan fingerprint density at radius 2 is 1.81 bits per heavy atom. The van der Waals surface area contributed by atoms with Gasteiger partial charge in [-0.15, -0.1) is 0 Å². The Morgan fingerprint density at radius 3 is 2.50 bits per heavy atom. The predicted octanol–water partition coefficient (Wildman–Crippen LogP) is 6.89. The number of hydrogen-bond acceptors (Lipinski definition) is 4. The lowest BCUT2D eigenvalue weighted by Gasteiger charge is -2.20. The fraction of sp³-hybridized carbons (Fsp3) is 0.0714. The molecule has 0 spiro atoms. The highest BCUT2D eigenvalue weighted by atomic mass is 32.1. The Labute approximate surface area is 237 Å². The molecule has 6 rings (SSSR count). The number of fused-ring (bicyclic) bond motifs is 1. The third-order valence-corrected chi connectivity index (χ3v) is 6.85. The molecule has 4 heterocycles. The van der Waals surface area contributed by atoms with Crippen LogP contribution in [0.15, 0.2) is 79.3 Å².